The largest absolute Gasteiger partial charge is 0.507 e. The molecular weight excluding hydrogens is 384 g/mol. The Hall–Kier alpha value is -4.33. The first-order valence-electron chi connectivity index (χ1n) is 9.08. The molecule has 3 aromatic carbocycles. The van der Waals surface area contributed by atoms with Gasteiger partial charge in [-0.25, -0.2) is 0 Å². The van der Waals surface area contributed by atoms with Crippen molar-refractivity contribution in [1.29, 1.82) is 0 Å². The maximum Gasteiger partial charge on any atom is 0.279 e. The summed E-state index contributed by atoms with van der Waals surface area (Å²) in [5.74, 6) is -0.464. The summed E-state index contributed by atoms with van der Waals surface area (Å²) in [4.78, 5) is 25.0. The Morgan fingerprint density at radius 1 is 1.03 bits per heavy atom. The lowest BCUT2D eigenvalue weighted by molar-refractivity contribution is -0.384. The van der Waals surface area contributed by atoms with Gasteiger partial charge in [0.05, 0.1) is 23.4 Å². The Kier molecular flexibility index (Phi) is 5.04. The number of carbonyl (C=O) groups is 1. The molecule has 1 N–H and O–H groups in total. The standard InChI is InChI=1S/C22H16N4O4/c27-20-11-10-17(26(29)30)12-16(20)13-23-24-21-18-8-4-5-9-19(18)25(22(21)28)14-15-6-2-1-3-7-15/h1-13,27H,14H2. The average molecular weight is 400 g/mol. The lowest BCUT2D eigenvalue weighted by atomic mass is 10.1. The second-order valence-electron chi connectivity index (χ2n) is 6.59. The molecule has 0 saturated heterocycles. The fraction of sp³-hybridized carbons (Fsp3) is 0.0455. The van der Waals surface area contributed by atoms with Crippen molar-refractivity contribution in [3.63, 3.8) is 0 Å². The summed E-state index contributed by atoms with van der Waals surface area (Å²) in [7, 11) is 0. The molecule has 0 fully saturated rings. The topological polar surface area (TPSA) is 108 Å². The van der Waals surface area contributed by atoms with Crippen molar-refractivity contribution in [2.24, 2.45) is 10.2 Å². The molecule has 0 atom stereocenters. The van der Waals surface area contributed by atoms with Gasteiger partial charge in [0.1, 0.15) is 5.75 Å². The number of para-hydroxylation sites is 1. The molecule has 4 rings (SSSR count). The lowest BCUT2D eigenvalue weighted by Gasteiger charge is -2.16. The van der Waals surface area contributed by atoms with E-state index in [1.165, 1.54) is 24.4 Å². The number of phenolic OH excluding ortho intramolecular Hbond substituents is 1. The highest BCUT2D eigenvalue weighted by Gasteiger charge is 2.33. The van der Waals surface area contributed by atoms with E-state index < -0.39 is 4.92 Å². The molecule has 1 aliphatic heterocycles. The molecule has 8 nitrogen and oxygen atoms in total. The highest BCUT2D eigenvalue weighted by Crippen LogP contribution is 2.30. The van der Waals surface area contributed by atoms with E-state index in [0.717, 1.165) is 11.3 Å². The molecule has 148 valence electrons. The van der Waals surface area contributed by atoms with Crippen molar-refractivity contribution in [3.8, 4) is 5.75 Å². The van der Waals surface area contributed by atoms with E-state index in [-0.39, 0.29) is 28.6 Å². The molecule has 0 unspecified atom stereocenters. The van der Waals surface area contributed by atoms with Gasteiger partial charge in [-0.05, 0) is 17.7 Å². The Morgan fingerprint density at radius 3 is 2.53 bits per heavy atom. The van der Waals surface area contributed by atoms with E-state index >= 15 is 0 Å². The van der Waals surface area contributed by atoms with Crippen molar-refractivity contribution in [3.05, 3.63) is 99.6 Å². The quantitative estimate of drug-likeness (QED) is 0.400. The van der Waals surface area contributed by atoms with Crippen LogP contribution in [0, 0.1) is 10.1 Å². The lowest BCUT2D eigenvalue weighted by Crippen LogP contribution is -2.29. The molecule has 0 bridgehead atoms. The number of nitro benzene ring substituents is 1. The highest BCUT2D eigenvalue weighted by molar-refractivity contribution is 6.54. The third-order valence-corrected chi connectivity index (χ3v) is 4.66. The van der Waals surface area contributed by atoms with E-state index in [2.05, 4.69) is 10.2 Å². The van der Waals surface area contributed by atoms with Crippen LogP contribution < -0.4 is 4.90 Å². The number of nitrogens with zero attached hydrogens (tertiary/aromatic N) is 4. The van der Waals surface area contributed by atoms with E-state index in [4.69, 9.17) is 0 Å². The first-order chi connectivity index (χ1) is 14.5. The van der Waals surface area contributed by atoms with E-state index in [9.17, 15) is 20.0 Å². The number of hydrogen-bond donors (Lipinski definition) is 1. The number of non-ortho nitro benzene ring substituents is 1. The van der Waals surface area contributed by atoms with Crippen molar-refractivity contribution in [2.75, 3.05) is 4.90 Å². The number of nitro groups is 1. The minimum Gasteiger partial charge on any atom is -0.507 e. The van der Waals surface area contributed by atoms with Crippen LogP contribution in [0.4, 0.5) is 11.4 Å². The minimum atomic E-state index is -0.569. The predicted octanol–water partition coefficient (Wildman–Crippen LogP) is 3.67. The first kappa shape index (κ1) is 19.0. The van der Waals surface area contributed by atoms with Crippen LogP contribution >= 0.6 is 0 Å². The van der Waals surface area contributed by atoms with Gasteiger partial charge in [0, 0.05) is 23.3 Å². The minimum absolute atomic E-state index is 0.133. The Morgan fingerprint density at radius 2 is 1.77 bits per heavy atom. The van der Waals surface area contributed by atoms with E-state index in [1.54, 1.807) is 11.0 Å². The molecule has 30 heavy (non-hydrogen) atoms. The van der Waals surface area contributed by atoms with Gasteiger partial charge < -0.3 is 10.0 Å². The first-order valence-corrected chi connectivity index (χ1v) is 9.08. The summed E-state index contributed by atoms with van der Waals surface area (Å²) in [6.45, 7) is 0.394. The third-order valence-electron chi connectivity index (χ3n) is 4.66. The normalized spacial score (nSPS) is 14.5. The van der Waals surface area contributed by atoms with Crippen molar-refractivity contribution >= 4 is 29.2 Å². The molecule has 0 radical (unpaired) electrons. The van der Waals surface area contributed by atoms with E-state index in [1.807, 2.05) is 48.5 Å². The number of anilines is 1. The van der Waals surface area contributed by atoms with Crippen LogP contribution in [-0.2, 0) is 11.3 Å². The maximum atomic E-state index is 13.0. The number of carbonyl (C=O) groups excluding carboxylic acids is 1. The average Bonchev–Trinajstić information content (AvgIpc) is 3.01. The summed E-state index contributed by atoms with van der Waals surface area (Å²) in [6.07, 6.45) is 1.19. The smallest absolute Gasteiger partial charge is 0.279 e. The van der Waals surface area contributed by atoms with Gasteiger partial charge in [-0.15, -0.1) is 5.10 Å². The summed E-state index contributed by atoms with van der Waals surface area (Å²) >= 11 is 0. The van der Waals surface area contributed by atoms with Crippen LogP contribution in [0.3, 0.4) is 0 Å². The Labute approximate surface area is 171 Å². The summed E-state index contributed by atoms with van der Waals surface area (Å²) in [5.41, 5.74) is 2.48. The van der Waals surface area contributed by atoms with Crippen molar-refractivity contribution < 1.29 is 14.8 Å². The number of benzene rings is 3. The van der Waals surface area contributed by atoms with Crippen LogP contribution in [0.15, 0.2) is 83.0 Å². The summed E-state index contributed by atoms with van der Waals surface area (Å²) in [6, 6.07) is 20.5. The molecule has 1 amide bonds. The molecule has 1 aliphatic rings. The SMILES string of the molecule is O=C1C(=NN=Cc2cc([N+](=O)[O-])ccc2O)c2ccccc2N1Cc1ccccc1. The van der Waals surface area contributed by atoms with Crippen LogP contribution in [0.5, 0.6) is 5.75 Å². The zero-order chi connectivity index (χ0) is 21.1. The van der Waals surface area contributed by atoms with E-state index in [0.29, 0.717) is 12.1 Å². The van der Waals surface area contributed by atoms with Gasteiger partial charge in [-0.1, -0.05) is 48.5 Å². The van der Waals surface area contributed by atoms with Gasteiger partial charge >= 0.3 is 0 Å². The molecule has 0 spiro atoms. The summed E-state index contributed by atoms with van der Waals surface area (Å²) in [5, 5.41) is 28.8. The van der Waals surface area contributed by atoms with Crippen LogP contribution in [-0.4, -0.2) is 27.9 Å². The fourth-order valence-electron chi connectivity index (χ4n) is 3.19. The molecule has 3 aromatic rings. The van der Waals surface area contributed by atoms with Gasteiger partial charge in [-0.3, -0.25) is 14.9 Å². The Bertz CT molecular complexity index is 1190. The second-order valence-corrected chi connectivity index (χ2v) is 6.59. The number of aromatic hydroxyl groups is 1. The van der Waals surface area contributed by atoms with Crippen LogP contribution in [0.1, 0.15) is 16.7 Å². The monoisotopic (exact) mass is 400 g/mol. The van der Waals surface area contributed by atoms with Gasteiger partial charge in [-0.2, -0.15) is 5.10 Å². The number of amides is 1. The van der Waals surface area contributed by atoms with Crippen LogP contribution in [0.25, 0.3) is 0 Å². The van der Waals surface area contributed by atoms with Gasteiger partial charge in [0.25, 0.3) is 11.6 Å². The van der Waals surface area contributed by atoms with Crippen molar-refractivity contribution in [1.82, 2.24) is 0 Å². The molecular formula is C22H16N4O4. The van der Waals surface area contributed by atoms with Crippen molar-refractivity contribution in [2.45, 2.75) is 6.54 Å². The highest BCUT2D eigenvalue weighted by atomic mass is 16.6. The number of rotatable bonds is 5. The maximum absolute atomic E-state index is 13.0. The van der Waals surface area contributed by atoms with Gasteiger partial charge in [0.2, 0.25) is 0 Å². The zero-order valence-electron chi connectivity index (χ0n) is 15.7. The molecule has 0 aliphatic carbocycles. The van der Waals surface area contributed by atoms with Gasteiger partial charge in [0.15, 0.2) is 5.71 Å². The molecule has 0 aromatic heterocycles. The zero-order valence-corrected chi connectivity index (χ0v) is 15.7. The number of fused-ring (bicyclic) bond motifs is 1. The number of hydrogen-bond acceptors (Lipinski definition) is 6. The fourth-order valence-corrected chi connectivity index (χ4v) is 3.19. The Balaban J connectivity index is 1.65. The number of phenols is 1. The predicted molar refractivity (Wildman–Crippen MR) is 113 cm³/mol. The molecule has 8 heteroatoms. The molecule has 1 heterocycles. The molecule has 0 saturated carbocycles. The second kappa shape index (κ2) is 7.96. The van der Waals surface area contributed by atoms with Crippen LogP contribution in [0.2, 0.25) is 0 Å². The summed E-state index contributed by atoms with van der Waals surface area (Å²) < 4.78 is 0. The third kappa shape index (κ3) is 3.66.